The van der Waals surface area contributed by atoms with Gasteiger partial charge < -0.3 is 0 Å². The van der Waals surface area contributed by atoms with Crippen LogP contribution in [0.15, 0.2) is 11.6 Å². The fourth-order valence-electron chi connectivity index (χ4n) is 2.74. The van der Waals surface area contributed by atoms with E-state index in [1.165, 1.54) is 64.2 Å². The average Bonchev–Trinajstić information content (AvgIpc) is 2.52. The summed E-state index contributed by atoms with van der Waals surface area (Å²) in [6, 6.07) is 0. The molecule has 0 aromatic rings. The molecule has 0 radical (unpaired) electrons. The second-order valence-electron chi connectivity index (χ2n) is 5.01. The highest BCUT2D eigenvalue weighted by molar-refractivity contribution is 5.07. The summed E-state index contributed by atoms with van der Waals surface area (Å²) >= 11 is 0. The SMILES string of the molecule is CCC/C=C(\CCC)C1CCCCCC1. The molecule has 0 spiro atoms. The van der Waals surface area contributed by atoms with Crippen LogP contribution in [-0.2, 0) is 0 Å². The summed E-state index contributed by atoms with van der Waals surface area (Å²) in [4.78, 5) is 0. The lowest BCUT2D eigenvalue weighted by Gasteiger charge is -2.18. The maximum atomic E-state index is 2.56. The molecule has 0 saturated heterocycles. The quantitative estimate of drug-likeness (QED) is 0.414. The van der Waals surface area contributed by atoms with Gasteiger partial charge in [-0.05, 0) is 31.6 Å². The predicted octanol–water partition coefficient (Wildman–Crippen LogP) is 5.48. The third kappa shape index (κ3) is 4.86. The van der Waals surface area contributed by atoms with Gasteiger partial charge in [-0.25, -0.2) is 0 Å². The van der Waals surface area contributed by atoms with Crippen LogP contribution in [0.1, 0.15) is 78.1 Å². The molecular formula is C15H28. The van der Waals surface area contributed by atoms with E-state index in [0.29, 0.717) is 0 Å². The molecule has 0 heteroatoms. The van der Waals surface area contributed by atoms with Crippen molar-refractivity contribution < 1.29 is 0 Å². The molecule has 0 amide bonds. The Morgan fingerprint density at radius 3 is 2.20 bits per heavy atom. The molecule has 0 unspecified atom stereocenters. The van der Waals surface area contributed by atoms with Crippen LogP contribution in [-0.4, -0.2) is 0 Å². The molecule has 0 aliphatic heterocycles. The third-order valence-corrected chi connectivity index (χ3v) is 3.61. The second-order valence-corrected chi connectivity index (χ2v) is 5.01. The summed E-state index contributed by atoms with van der Waals surface area (Å²) in [6.45, 7) is 4.60. The van der Waals surface area contributed by atoms with Crippen LogP contribution in [0.5, 0.6) is 0 Å². The Morgan fingerprint density at radius 2 is 1.67 bits per heavy atom. The molecule has 0 bridgehead atoms. The van der Waals surface area contributed by atoms with Gasteiger partial charge in [0.2, 0.25) is 0 Å². The summed E-state index contributed by atoms with van der Waals surface area (Å²) in [6.07, 6.45) is 16.7. The highest BCUT2D eigenvalue weighted by Crippen LogP contribution is 2.31. The van der Waals surface area contributed by atoms with Gasteiger partial charge in [-0.1, -0.05) is 64.0 Å². The lowest BCUT2D eigenvalue weighted by molar-refractivity contribution is 0.508. The van der Waals surface area contributed by atoms with Gasteiger partial charge in [0.15, 0.2) is 0 Å². The lowest BCUT2D eigenvalue weighted by Crippen LogP contribution is -2.03. The van der Waals surface area contributed by atoms with Crippen LogP contribution >= 0.6 is 0 Å². The van der Waals surface area contributed by atoms with Gasteiger partial charge in [0.1, 0.15) is 0 Å². The summed E-state index contributed by atoms with van der Waals surface area (Å²) in [7, 11) is 0. The minimum atomic E-state index is 0.944. The standard InChI is InChI=1S/C15H28/c1-3-5-11-14(10-4-2)15-12-8-6-7-9-13-15/h11,15H,3-10,12-13H2,1-2H3/b14-11+. The van der Waals surface area contributed by atoms with Gasteiger partial charge in [0, 0.05) is 0 Å². The van der Waals surface area contributed by atoms with E-state index in [-0.39, 0.29) is 0 Å². The fourth-order valence-corrected chi connectivity index (χ4v) is 2.74. The molecule has 0 heterocycles. The Bertz CT molecular complexity index is 170. The minimum Gasteiger partial charge on any atom is -0.0851 e. The molecule has 0 N–H and O–H groups in total. The summed E-state index contributed by atoms with van der Waals surface area (Å²) in [5.74, 6) is 0.944. The van der Waals surface area contributed by atoms with E-state index in [0.717, 1.165) is 5.92 Å². The normalized spacial score (nSPS) is 20.3. The van der Waals surface area contributed by atoms with Crippen LogP contribution < -0.4 is 0 Å². The number of unbranched alkanes of at least 4 members (excludes halogenated alkanes) is 1. The van der Waals surface area contributed by atoms with Crippen LogP contribution in [0.4, 0.5) is 0 Å². The van der Waals surface area contributed by atoms with E-state index in [1.807, 2.05) is 0 Å². The van der Waals surface area contributed by atoms with Crippen molar-refractivity contribution in [3.8, 4) is 0 Å². The summed E-state index contributed by atoms with van der Waals surface area (Å²) in [5, 5.41) is 0. The van der Waals surface area contributed by atoms with Crippen molar-refractivity contribution in [3.05, 3.63) is 11.6 Å². The molecule has 88 valence electrons. The van der Waals surface area contributed by atoms with Crippen LogP contribution in [0.2, 0.25) is 0 Å². The zero-order valence-corrected chi connectivity index (χ0v) is 10.7. The van der Waals surface area contributed by atoms with E-state index in [4.69, 9.17) is 0 Å². The molecular weight excluding hydrogens is 180 g/mol. The van der Waals surface area contributed by atoms with Crippen LogP contribution in [0, 0.1) is 5.92 Å². The topological polar surface area (TPSA) is 0 Å². The largest absolute Gasteiger partial charge is 0.0851 e. The van der Waals surface area contributed by atoms with Gasteiger partial charge in [-0.15, -0.1) is 0 Å². The van der Waals surface area contributed by atoms with Gasteiger partial charge in [0.25, 0.3) is 0 Å². The monoisotopic (exact) mass is 208 g/mol. The van der Waals surface area contributed by atoms with Crippen LogP contribution in [0.3, 0.4) is 0 Å². The summed E-state index contributed by atoms with van der Waals surface area (Å²) < 4.78 is 0. The average molecular weight is 208 g/mol. The smallest absolute Gasteiger partial charge is 0.0203 e. The highest BCUT2D eigenvalue weighted by atomic mass is 14.2. The molecule has 0 aromatic heterocycles. The molecule has 1 saturated carbocycles. The number of rotatable bonds is 5. The van der Waals surface area contributed by atoms with Gasteiger partial charge in [-0.2, -0.15) is 0 Å². The molecule has 1 rings (SSSR count). The van der Waals surface area contributed by atoms with Crippen molar-refractivity contribution in [1.29, 1.82) is 0 Å². The van der Waals surface area contributed by atoms with E-state index in [2.05, 4.69) is 19.9 Å². The molecule has 15 heavy (non-hydrogen) atoms. The maximum Gasteiger partial charge on any atom is -0.0203 e. The molecule has 0 nitrogen and oxygen atoms in total. The number of hydrogen-bond donors (Lipinski definition) is 0. The number of hydrogen-bond acceptors (Lipinski definition) is 0. The Morgan fingerprint density at radius 1 is 1.00 bits per heavy atom. The van der Waals surface area contributed by atoms with Crippen molar-refractivity contribution >= 4 is 0 Å². The maximum absolute atomic E-state index is 2.56. The third-order valence-electron chi connectivity index (χ3n) is 3.61. The zero-order chi connectivity index (χ0) is 10.9. The fraction of sp³-hybridized carbons (Fsp3) is 0.867. The zero-order valence-electron chi connectivity index (χ0n) is 10.7. The molecule has 1 aliphatic carbocycles. The van der Waals surface area contributed by atoms with E-state index in [9.17, 15) is 0 Å². The highest BCUT2D eigenvalue weighted by Gasteiger charge is 2.15. The first-order valence-electron chi connectivity index (χ1n) is 7.07. The Hall–Kier alpha value is -0.260. The van der Waals surface area contributed by atoms with Crippen molar-refractivity contribution in [3.63, 3.8) is 0 Å². The lowest BCUT2D eigenvalue weighted by atomic mass is 9.88. The summed E-state index contributed by atoms with van der Waals surface area (Å²) in [5.41, 5.74) is 1.79. The number of allylic oxidation sites excluding steroid dienone is 2. The van der Waals surface area contributed by atoms with Crippen molar-refractivity contribution in [2.75, 3.05) is 0 Å². The predicted molar refractivity (Wildman–Crippen MR) is 69.1 cm³/mol. The first-order valence-corrected chi connectivity index (χ1v) is 7.07. The Kier molecular flexibility index (Phi) is 6.80. The Labute approximate surface area is 96.2 Å². The van der Waals surface area contributed by atoms with Gasteiger partial charge in [0.05, 0.1) is 0 Å². The Balaban J connectivity index is 2.51. The van der Waals surface area contributed by atoms with Crippen LogP contribution in [0.25, 0.3) is 0 Å². The molecule has 1 aliphatic rings. The molecule has 1 fully saturated rings. The van der Waals surface area contributed by atoms with Crippen molar-refractivity contribution in [1.82, 2.24) is 0 Å². The van der Waals surface area contributed by atoms with Gasteiger partial charge >= 0.3 is 0 Å². The molecule has 0 aromatic carbocycles. The van der Waals surface area contributed by atoms with Crippen molar-refractivity contribution in [2.45, 2.75) is 78.1 Å². The van der Waals surface area contributed by atoms with E-state index >= 15 is 0 Å². The van der Waals surface area contributed by atoms with E-state index in [1.54, 1.807) is 5.57 Å². The van der Waals surface area contributed by atoms with Crippen molar-refractivity contribution in [2.24, 2.45) is 5.92 Å². The second kappa shape index (κ2) is 7.96. The molecule has 0 atom stereocenters. The van der Waals surface area contributed by atoms with Gasteiger partial charge in [-0.3, -0.25) is 0 Å². The first-order chi connectivity index (χ1) is 7.38. The van der Waals surface area contributed by atoms with E-state index < -0.39 is 0 Å². The first kappa shape index (κ1) is 12.8. The minimum absolute atomic E-state index is 0.944.